The zero-order valence-electron chi connectivity index (χ0n) is 10.9. The average molecular weight is 246 g/mol. The number of ether oxygens (including phenoxy) is 1. The second-order valence-electron chi connectivity index (χ2n) is 5.33. The molecule has 2 fully saturated rings. The SMILES string of the molecule is c1cc(N2CCCCC2)ccc1CNC1COC1. The molecule has 2 aliphatic rings. The number of nitrogens with one attached hydrogen (secondary N) is 1. The van der Waals surface area contributed by atoms with Crippen LogP contribution < -0.4 is 10.2 Å². The van der Waals surface area contributed by atoms with Crippen molar-refractivity contribution in [3.63, 3.8) is 0 Å². The molecule has 1 N–H and O–H groups in total. The molecule has 0 saturated carbocycles. The summed E-state index contributed by atoms with van der Waals surface area (Å²) >= 11 is 0. The van der Waals surface area contributed by atoms with Gasteiger partial charge in [0.05, 0.1) is 19.3 Å². The molecule has 18 heavy (non-hydrogen) atoms. The van der Waals surface area contributed by atoms with Crippen molar-refractivity contribution in [3.8, 4) is 0 Å². The van der Waals surface area contributed by atoms with E-state index in [2.05, 4.69) is 34.5 Å². The summed E-state index contributed by atoms with van der Waals surface area (Å²) in [5.74, 6) is 0. The molecule has 0 aromatic heterocycles. The minimum absolute atomic E-state index is 0.562. The first-order valence-electron chi connectivity index (χ1n) is 7.07. The second-order valence-corrected chi connectivity index (χ2v) is 5.33. The molecule has 2 heterocycles. The lowest BCUT2D eigenvalue weighted by Crippen LogP contribution is -2.45. The van der Waals surface area contributed by atoms with Crippen LogP contribution >= 0.6 is 0 Å². The predicted molar refractivity (Wildman–Crippen MR) is 74.0 cm³/mol. The van der Waals surface area contributed by atoms with Gasteiger partial charge in [0.15, 0.2) is 0 Å². The minimum atomic E-state index is 0.562. The Morgan fingerprint density at radius 1 is 1.06 bits per heavy atom. The fourth-order valence-electron chi connectivity index (χ4n) is 2.59. The molecular formula is C15H22N2O. The Bertz CT molecular complexity index is 367. The highest BCUT2D eigenvalue weighted by molar-refractivity contribution is 5.47. The molecule has 0 radical (unpaired) electrons. The molecule has 3 rings (SSSR count). The van der Waals surface area contributed by atoms with Crippen LogP contribution in [0.4, 0.5) is 5.69 Å². The number of hydrogen-bond acceptors (Lipinski definition) is 3. The van der Waals surface area contributed by atoms with E-state index in [4.69, 9.17) is 4.74 Å². The van der Waals surface area contributed by atoms with Gasteiger partial charge in [-0.25, -0.2) is 0 Å². The third kappa shape index (κ3) is 2.85. The van der Waals surface area contributed by atoms with E-state index >= 15 is 0 Å². The maximum atomic E-state index is 5.15. The Labute approximate surface area is 109 Å². The number of piperidine rings is 1. The topological polar surface area (TPSA) is 24.5 Å². The number of nitrogens with zero attached hydrogens (tertiary/aromatic N) is 1. The summed E-state index contributed by atoms with van der Waals surface area (Å²) in [5, 5.41) is 3.50. The van der Waals surface area contributed by atoms with Crippen LogP contribution in [0.1, 0.15) is 24.8 Å². The van der Waals surface area contributed by atoms with Crippen LogP contribution in [0.2, 0.25) is 0 Å². The molecule has 0 aliphatic carbocycles. The first kappa shape index (κ1) is 12.0. The van der Waals surface area contributed by atoms with Crippen molar-refractivity contribution < 1.29 is 4.74 Å². The van der Waals surface area contributed by atoms with E-state index < -0.39 is 0 Å². The van der Waals surface area contributed by atoms with Crippen LogP contribution in [0.3, 0.4) is 0 Å². The fourth-order valence-corrected chi connectivity index (χ4v) is 2.59. The van der Waals surface area contributed by atoms with Gasteiger partial charge in [0.25, 0.3) is 0 Å². The van der Waals surface area contributed by atoms with Gasteiger partial charge >= 0.3 is 0 Å². The van der Waals surface area contributed by atoms with E-state index in [1.54, 1.807) is 0 Å². The van der Waals surface area contributed by atoms with Gasteiger partial charge in [0.1, 0.15) is 0 Å². The highest BCUT2D eigenvalue weighted by atomic mass is 16.5. The van der Waals surface area contributed by atoms with Crippen molar-refractivity contribution in [1.82, 2.24) is 5.32 Å². The Hall–Kier alpha value is -1.06. The summed E-state index contributed by atoms with van der Waals surface area (Å²) in [5.41, 5.74) is 2.74. The van der Waals surface area contributed by atoms with Crippen LogP contribution in [0.5, 0.6) is 0 Å². The number of hydrogen-bond donors (Lipinski definition) is 1. The summed E-state index contributed by atoms with van der Waals surface area (Å²) in [7, 11) is 0. The van der Waals surface area contributed by atoms with E-state index in [0.717, 1.165) is 19.8 Å². The molecule has 2 aliphatic heterocycles. The summed E-state index contributed by atoms with van der Waals surface area (Å²) in [6.45, 7) is 5.13. The van der Waals surface area contributed by atoms with Crippen molar-refractivity contribution in [3.05, 3.63) is 29.8 Å². The van der Waals surface area contributed by atoms with Gasteiger partial charge in [0, 0.05) is 25.3 Å². The molecule has 1 aromatic rings. The molecule has 1 aromatic carbocycles. The fraction of sp³-hybridized carbons (Fsp3) is 0.600. The van der Waals surface area contributed by atoms with Crippen LogP contribution in [-0.2, 0) is 11.3 Å². The lowest BCUT2D eigenvalue weighted by molar-refractivity contribution is -0.00578. The average Bonchev–Trinajstić information content (AvgIpc) is 2.39. The van der Waals surface area contributed by atoms with E-state index in [0.29, 0.717) is 6.04 Å². The summed E-state index contributed by atoms with van der Waals surface area (Å²) in [6, 6.07) is 9.58. The van der Waals surface area contributed by atoms with E-state index in [1.807, 2.05) is 0 Å². The lowest BCUT2D eigenvalue weighted by Gasteiger charge is -2.29. The largest absolute Gasteiger partial charge is 0.378 e. The van der Waals surface area contributed by atoms with Gasteiger partial charge < -0.3 is 15.0 Å². The molecule has 3 nitrogen and oxygen atoms in total. The normalized spacial score (nSPS) is 20.8. The smallest absolute Gasteiger partial charge is 0.0643 e. The zero-order valence-corrected chi connectivity index (χ0v) is 10.9. The van der Waals surface area contributed by atoms with Crippen molar-refractivity contribution in [2.75, 3.05) is 31.2 Å². The molecule has 98 valence electrons. The third-order valence-corrected chi connectivity index (χ3v) is 3.89. The number of anilines is 1. The van der Waals surface area contributed by atoms with Gasteiger partial charge in [-0.2, -0.15) is 0 Å². The number of rotatable bonds is 4. The summed E-state index contributed by atoms with van der Waals surface area (Å²) < 4.78 is 5.15. The van der Waals surface area contributed by atoms with Gasteiger partial charge in [-0.3, -0.25) is 0 Å². The molecule has 0 spiro atoms. The maximum Gasteiger partial charge on any atom is 0.0643 e. The van der Waals surface area contributed by atoms with Crippen molar-refractivity contribution >= 4 is 5.69 Å². The van der Waals surface area contributed by atoms with Crippen molar-refractivity contribution in [1.29, 1.82) is 0 Å². The molecular weight excluding hydrogens is 224 g/mol. The first-order chi connectivity index (χ1) is 8.92. The van der Waals surface area contributed by atoms with Crippen molar-refractivity contribution in [2.45, 2.75) is 31.8 Å². The first-order valence-corrected chi connectivity index (χ1v) is 7.07. The lowest BCUT2D eigenvalue weighted by atomic mass is 10.1. The molecule has 0 atom stereocenters. The second kappa shape index (κ2) is 5.72. The highest BCUT2D eigenvalue weighted by Crippen LogP contribution is 2.20. The molecule has 0 bridgehead atoms. The van der Waals surface area contributed by atoms with Gasteiger partial charge in [-0.15, -0.1) is 0 Å². The van der Waals surface area contributed by atoms with Crippen molar-refractivity contribution in [2.24, 2.45) is 0 Å². The van der Waals surface area contributed by atoms with Gasteiger partial charge in [-0.1, -0.05) is 12.1 Å². The Kier molecular flexibility index (Phi) is 3.81. The quantitative estimate of drug-likeness (QED) is 0.881. The van der Waals surface area contributed by atoms with Crippen LogP contribution in [0.25, 0.3) is 0 Å². The van der Waals surface area contributed by atoms with Gasteiger partial charge in [-0.05, 0) is 37.0 Å². The molecule has 2 saturated heterocycles. The minimum Gasteiger partial charge on any atom is -0.378 e. The van der Waals surface area contributed by atoms with Crippen LogP contribution in [0, 0.1) is 0 Å². The molecule has 3 heteroatoms. The van der Waals surface area contributed by atoms with Crippen LogP contribution in [-0.4, -0.2) is 32.3 Å². The number of benzene rings is 1. The summed E-state index contributed by atoms with van der Waals surface area (Å²) in [6.07, 6.45) is 4.07. The highest BCUT2D eigenvalue weighted by Gasteiger charge is 2.17. The maximum absolute atomic E-state index is 5.15. The summed E-state index contributed by atoms with van der Waals surface area (Å²) in [4.78, 5) is 2.50. The third-order valence-electron chi connectivity index (χ3n) is 3.89. The Morgan fingerprint density at radius 2 is 1.78 bits per heavy atom. The Balaban J connectivity index is 1.54. The van der Waals surface area contributed by atoms with Gasteiger partial charge in [0.2, 0.25) is 0 Å². The molecule has 0 unspecified atom stereocenters. The zero-order chi connectivity index (χ0) is 12.2. The van der Waals surface area contributed by atoms with E-state index in [9.17, 15) is 0 Å². The standard InChI is InChI=1S/C15H22N2O/c1-2-8-17(9-3-1)15-6-4-13(5-7-15)10-16-14-11-18-12-14/h4-7,14,16H,1-3,8-12H2. The monoisotopic (exact) mass is 246 g/mol. The van der Waals surface area contributed by atoms with Crippen LogP contribution in [0.15, 0.2) is 24.3 Å². The molecule has 0 amide bonds. The Morgan fingerprint density at radius 3 is 2.39 bits per heavy atom. The van der Waals surface area contributed by atoms with E-state index in [-0.39, 0.29) is 0 Å². The predicted octanol–water partition coefficient (Wildman–Crippen LogP) is 2.17. The van der Waals surface area contributed by atoms with E-state index in [1.165, 1.54) is 43.6 Å².